The molecule has 0 radical (unpaired) electrons. The number of aliphatic hydroxyl groups excluding tert-OH is 1. The van der Waals surface area contributed by atoms with Crippen molar-refractivity contribution in [1.82, 2.24) is 4.90 Å². The lowest BCUT2D eigenvalue weighted by Crippen LogP contribution is -2.37. The van der Waals surface area contributed by atoms with Crippen LogP contribution in [0.3, 0.4) is 0 Å². The van der Waals surface area contributed by atoms with E-state index in [0.29, 0.717) is 6.04 Å². The normalized spacial score (nSPS) is 24.4. The van der Waals surface area contributed by atoms with Crippen molar-refractivity contribution in [2.45, 2.75) is 44.2 Å². The van der Waals surface area contributed by atoms with Crippen LogP contribution in [0.25, 0.3) is 0 Å². The molecule has 0 aliphatic heterocycles. The van der Waals surface area contributed by atoms with Crippen LogP contribution in [0.5, 0.6) is 0 Å². The molecule has 0 atom stereocenters. The van der Waals surface area contributed by atoms with E-state index in [1.54, 1.807) is 0 Å². The highest BCUT2D eigenvalue weighted by Gasteiger charge is 2.22. The summed E-state index contributed by atoms with van der Waals surface area (Å²) in [6.07, 6.45) is 5.23. The third-order valence-corrected chi connectivity index (χ3v) is 4.43. The minimum absolute atomic E-state index is 0.0558. The largest absolute Gasteiger partial charge is 0.393 e. The van der Waals surface area contributed by atoms with Gasteiger partial charge in [-0.2, -0.15) is 0 Å². The molecule has 18 heavy (non-hydrogen) atoms. The lowest BCUT2D eigenvalue weighted by atomic mass is 9.92. The number of aliphatic hydroxyl groups is 1. The molecule has 0 heterocycles. The molecule has 100 valence electrons. The third kappa shape index (κ3) is 4.08. The van der Waals surface area contributed by atoms with Crippen molar-refractivity contribution in [3.05, 3.63) is 34.3 Å². The van der Waals surface area contributed by atoms with E-state index in [1.807, 2.05) is 0 Å². The summed E-state index contributed by atoms with van der Waals surface area (Å²) in [7, 11) is 2.21. The van der Waals surface area contributed by atoms with Crippen LogP contribution in [0.1, 0.15) is 31.2 Å². The molecular weight excluding hydrogens is 290 g/mol. The van der Waals surface area contributed by atoms with Gasteiger partial charge in [0.15, 0.2) is 0 Å². The minimum atomic E-state index is -0.0558. The molecule has 0 spiro atoms. The van der Waals surface area contributed by atoms with Gasteiger partial charge in [-0.1, -0.05) is 28.1 Å². The summed E-state index contributed by atoms with van der Waals surface area (Å²) in [4.78, 5) is 2.45. The first-order valence-corrected chi connectivity index (χ1v) is 7.57. The number of hydrogen-bond acceptors (Lipinski definition) is 2. The average molecular weight is 312 g/mol. The zero-order valence-electron chi connectivity index (χ0n) is 11.0. The summed E-state index contributed by atoms with van der Waals surface area (Å²) >= 11 is 3.51. The summed E-state index contributed by atoms with van der Waals surface area (Å²) in [5.74, 6) is 0. The third-order valence-electron chi connectivity index (χ3n) is 3.93. The Hall–Kier alpha value is -0.380. The van der Waals surface area contributed by atoms with Crippen molar-refractivity contribution >= 4 is 15.9 Å². The van der Waals surface area contributed by atoms with Crippen molar-refractivity contribution in [3.8, 4) is 0 Å². The molecule has 1 fully saturated rings. The van der Waals surface area contributed by atoms with Crippen molar-refractivity contribution in [1.29, 1.82) is 0 Å². The van der Waals surface area contributed by atoms with Gasteiger partial charge in [0, 0.05) is 17.1 Å². The Labute approximate surface area is 118 Å². The second kappa shape index (κ2) is 6.69. The summed E-state index contributed by atoms with van der Waals surface area (Å²) in [5, 5.41) is 9.52. The molecule has 1 aromatic carbocycles. The van der Waals surface area contributed by atoms with E-state index in [0.717, 1.165) is 43.1 Å². The Kier molecular flexibility index (Phi) is 5.22. The monoisotopic (exact) mass is 311 g/mol. The van der Waals surface area contributed by atoms with Crippen LogP contribution in [0.2, 0.25) is 0 Å². The molecule has 0 saturated heterocycles. The lowest BCUT2D eigenvalue weighted by Gasteiger charge is -2.33. The number of hydrogen-bond donors (Lipinski definition) is 1. The van der Waals surface area contributed by atoms with Gasteiger partial charge in [-0.15, -0.1) is 0 Å². The molecule has 2 nitrogen and oxygen atoms in total. The second-order valence-corrected chi connectivity index (χ2v) is 6.24. The van der Waals surface area contributed by atoms with E-state index < -0.39 is 0 Å². The zero-order valence-corrected chi connectivity index (χ0v) is 12.6. The fourth-order valence-corrected chi connectivity index (χ4v) is 3.13. The van der Waals surface area contributed by atoms with Gasteiger partial charge in [0.2, 0.25) is 0 Å². The fourth-order valence-electron chi connectivity index (χ4n) is 2.68. The average Bonchev–Trinajstić information content (AvgIpc) is 2.37. The molecule has 0 bridgehead atoms. The van der Waals surface area contributed by atoms with Gasteiger partial charge in [-0.25, -0.2) is 0 Å². The van der Waals surface area contributed by atoms with Crippen molar-refractivity contribution in [2.24, 2.45) is 0 Å². The summed E-state index contributed by atoms with van der Waals surface area (Å²) in [6, 6.07) is 9.19. The number of halogens is 1. The Morgan fingerprint density at radius 3 is 2.67 bits per heavy atom. The van der Waals surface area contributed by atoms with Crippen LogP contribution >= 0.6 is 15.9 Å². The molecule has 1 aromatic rings. The van der Waals surface area contributed by atoms with Crippen LogP contribution in [-0.2, 0) is 6.42 Å². The summed E-state index contributed by atoms with van der Waals surface area (Å²) in [6.45, 7) is 1.09. The van der Waals surface area contributed by atoms with Crippen LogP contribution in [-0.4, -0.2) is 35.7 Å². The van der Waals surface area contributed by atoms with Crippen LogP contribution in [0.15, 0.2) is 28.7 Å². The summed E-state index contributed by atoms with van der Waals surface area (Å²) < 4.78 is 1.16. The zero-order chi connectivity index (χ0) is 13.0. The first kappa shape index (κ1) is 14.0. The molecule has 1 N–H and O–H groups in total. The van der Waals surface area contributed by atoms with Gasteiger partial charge in [0.25, 0.3) is 0 Å². The maximum absolute atomic E-state index is 9.52. The van der Waals surface area contributed by atoms with E-state index in [4.69, 9.17) is 0 Å². The highest BCUT2D eigenvalue weighted by molar-refractivity contribution is 9.10. The molecule has 0 aromatic heterocycles. The predicted molar refractivity (Wildman–Crippen MR) is 78.7 cm³/mol. The topological polar surface area (TPSA) is 23.5 Å². The van der Waals surface area contributed by atoms with Crippen LogP contribution in [0, 0.1) is 0 Å². The van der Waals surface area contributed by atoms with Gasteiger partial charge in [0.1, 0.15) is 0 Å². The quantitative estimate of drug-likeness (QED) is 0.923. The standard InChI is InChI=1S/C15H22BrNO/c1-17(14-5-7-15(18)8-6-14)10-9-12-3-2-4-13(16)11-12/h2-4,11,14-15,18H,5-10H2,1H3. The minimum Gasteiger partial charge on any atom is -0.393 e. The molecule has 1 aliphatic carbocycles. The fraction of sp³-hybridized carbons (Fsp3) is 0.600. The maximum atomic E-state index is 9.52. The van der Waals surface area contributed by atoms with Gasteiger partial charge in [-0.05, 0) is 56.8 Å². The van der Waals surface area contributed by atoms with Crippen molar-refractivity contribution < 1.29 is 5.11 Å². The lowest BCUT2D eigenvalue weighted by molar-refractivity contribution is 0.0847. The Bertz CT molecular complexity index is 375. The predicted octanol–water partition coefficient (Wildman–Crippen LogP) is 3.23. The number of rotatable bonds is 4. The van der Waals surface area contributed by atoms with Crippen molar-refractivity contribution in [3.63, 3.8) is 0 Å². The maximum Gasteiger partial charge on any atom is 0.0541 e. The molecule has 1 saturated carbocycles. The van der Waals surface area contributed by atoms with Gasteiger partial charge in [0.05, 0.1) is 6.10 Å². The van der Waals surface area contributed by atoms with E-state index in [1.165, 1.54) is 5.56 Å². The first-order valence-electron chi connectivity index (χ1n) is 6.78. The Morgan fingerprint density at radius 2 is 2.00 bits per heavy atom. The molecule has 1 aliphatic rings. The second-order valence-electron chi connectivity index (χ2n) is 5.32. The van der Waals surface area contributed by atoms with Crippen LogP contribution in [0.4, 0.5) is 0 Å². The highest BCUT2D eigenvalue weighted by atomic mass is 79.9. The molecule has 2 rings (SSSR count). The molecule has 0 unspecified atom stereocenters. The molecule has 3 heteroatoms. The van der Waals surface area contributed by atoms with Crippen LogP contribution < -0.4 is 0 Å². The van der Waals surface area contributed by atoms with E-state index in [9.17, 15) is 5.11 Å². The number of likely N-dealkylation sites (N-methyl/N-ethyl adjacent to an activating group) is 1. The van der Waals surface area contributed by atoms with Gasteiger partial charge < -0.3 is 10.0 Å². The number of nitrogens with zero attached hydrogens (tertiary/aromatic N) is 1. The molecular formula is C15H22BrNO. The molecule has 0 amide bonds. The smallest absolute Gasteiger partial charge is 0.0541 e. The first-order chi connectivity index (χ1) is 8.65. The Balaban J connectivity index is 1.79. The Morgan fingerprint density at radius 1 is 1.28 bits per heavy atom. The van der Waals surface area contributed by atoms with Gasteiger partial charge in [-0.3, -0.25) is 0 Å². The van der Waals surface area contributed by atoms with Gasteiger partial charge >= 0.3 is 0 Å². The van der Waals surface area contributed by atoms with E-state index in [-0.39, 0.29) is 6.10 Å². The SMILES string of the molecule is CN(CCc1cccc(Br)c1)C1CCC(O)CC1. The highest BCUT2D eigenvalue weighted by Crippen LogP contribution is 2.22. The van der Waals surface area contributed by atoms with E-state index in [2.05, 4.69) is 52.1 Å². The van der Waals surface area contributed by atoms with Crippen molar-refractivity contribution in [2.75, 3.05) is 13.6 Å². The van der Waals surface area contributed by atoms with E-state index >= 15 is 0 Å². The summed E-state index contributed by atoms with van der Waals surface area (Å²) in [5.41, 5.74) is 1.38. The number of benzene rings is 1.